The summed E-state index contributed by atoms with van der Waals surface area (Å²) in [6.45, 7) is 3.43. The lowest BCUT2D eigenvalue weighted by Crippen LogP contribution is -2.36. The average molecular weight is 410 g/mol. The molecule has 1 atom stereocenters. The molecule has 1 aromatic carbocycles. The lowest BCUT2D eigenvalue weighted by atomic mass is 9.91. The summed E-state index contributed by atoms with van der Waals surface area (Å²) in [5.41, 5.74) is 5.70. The maximum Gasteiger partial charge on any atom is 0.142 e. The summed E-state index contributed by atoms with van der Waals surface area (Å²) >= 11 is 0. The molecule has 1 aliphatic carbocycles. The van der Waals surface area contributed by atoms with Gasteiger partial charge in [-0.15, -0.1) is 9.60 Å². The smallest absolute Gasteiger partial charge is 0.142 e. The number of aryl methyl sites for hydroxylation is 1. The van der Waals surface area contributed by atoms with Gasteiger partial charge in [0.15, 0.2) is 0 Å². The minimum atomic E-state index is -0.0501. The maximum absolute atomic E-state index is 13.7. The molecule has 2 aliphatic rings. The molecular formula is C23H28FN5O. The van der Waals surface area contributed by atoms with Crippen LogP contribution in [0.1, 0.15) is 17.7 Å². The van der Waals surface area contributed by atoms with Crippen molar-refractivity contribution in [2.24, 2.45) is 7.05 Å². The Hall–Kier alpha value is -2.64. The molecule has 3 aromatic rings. The van der Waals surface area contributed by atoms with E-state index in [4.69, 9.17) is 9.72 Å². The van der Waals surface area contributed by atoms with Gasteiger partial charge in [-0.05, 0) is 61.2 Å². The molecule has 2 aromatic heterocycles. The number of anilines is 3. The molecule has 5 rings (SSSR count). The summed E-state index contributed by atoms with van der Waals surface area (Å²) < 4.78 is 21.3. The number of aromatic nitrogens is 2. The van der Waals surface area contributed by atoms with Gasteiger partial charge in [-0.1, -0.05) is 0 Å². The highest BCUT2D eigenvalue weighted by molar-refractivity contribution is 5.84. The largest absolute Gasteiger partial charge is 0.378 e. The van der Waals surface area contributed by atoms with Crippen LogP contribution >= 0.6 is 0 Å². The Bertz CT molecular complexity index is 1040. The number of likely N-dealkylation sites (N-methyl/N-ethyl adjacent to an activating group) is 1. The van der Waals surface area contributed by atoms with Crippen molar-refractivity contribution in [2.45, 2.75) is 25.3 Å². The summed E-state index contributed by atoms with van der Waals surface area (Å²) in [6, 6.07) is 12.5. The minimum Gasteiger partial charge on any atom is -0.378 e. The van der Waals surface area contributed by atoms with Crippen LogP contribution in [0.25, 0.3) is 11.0 Å². The standard InChI is InChI=1S/C23H28FN5O/c1-27-21-9-7-18(28(2)24)15-20(21)19-8-10-22(26-23(19)27)25-16-3-5-17(6-4-16)29-11-13-30-14-12-29/h3-6,8,10,18H,7,9,11-15H2,1-2H3,(H,25,26). The molecule has 158 valence electrons. The Morgan fingerprint density at radius 2 is 1.90 bits per heavy atom. The van der Waals surface area contributed by atoms with Gasteiger partial charge in [0.25, 0.3) is 0 Å². The van der Waals surface area contributed by atoms with Crippen LogP contribution in [-0.4, -0.2) is 54.1 Å². The third-order valence-electron chi connectivity index (χ3n) is 6.44. The highest BCUT2D eigenvalue weighted by Crippen LogP contribution is 2.33. The van der Waals surface area contributed by atoms with Crippen molar-refractivity contribution >= 4 is 28.2 Å². The van der Waals surface area contributed by atoms with Crippen molar-refractivity contribution in [1.82, 2.24) is 14.7 Å². The third-order valence-corrected chi connectivity index (χ3v) is 6.44. The number of hydrogen-bond acceptors (Lipinski definition) is 5. The second kappa shape index (κ2) is 7.89. The van der Waals surface area contributed by atoms with Crippen LogP contribution in [0.5, 0.6) is 0 Å². The van der Waals surface area contributed by atoms with E-state index in [1.807, 2.05) is 6.07 Å². The van der Waals surface area contributed by atoms with Gasteiger partial charge in [0.1, 0.15) is 11.5 Å². The lowest BCUT2D eigenvalue weighted by Gasteiger charge is -2.28. The summed E-state index contributed by atoms with van der Waals surface area (Å²) in [7, 11) is 3.58. The zero-order chi connectivity index (χ0) is 20.7. The van der Waals surface area contributed by atoms with E-state index in [9.17, 15) is 4.48 Å². The fourth-order valence-corrected chi connectivity index (χ4v) is 4.71. The maximum atomic E-state index is 13.7. The first-order valence-electron chi connectivity index (χ1n) is 10.7. The molecule has 30 heavy (non-hydrogen) atoms. The van der Waals surface area contributed by atoms with Crippen molar-refractivity contribution in [2.75, 3.05) is 43.6 Å². The predicted molar refractivity (Wildman–Crippen MR) is 118 cm³/mol. The first-order chi connectivity index (χ1) is 14.6. The van der Waals surface area contributed by atoms with Crippen molar-refractivity contribution in [3.8, 4) is 0 Å². The number of pyridine rings is 1. The van der Waals surface area contributed by atoms with Gasteiger partial charge in [-0.25, -0.2) is 4.98 Å². The van der Waals surface area contributed by atoms with Crippen molar-refractivity contribution in [3.05, 3.63) is 47.7 Å². The molecule has 0 spiro atoms. The van der Waals surface area contributed by atoms with Gasteiger partial charge in [0.05, 0.1) is 13.2 Å². The zero-order valence-corrected chi connectivity index (χ0v) is 17.6. The van der Waals surface area contributed by atoms with Crippen molar-refractivity contribution in [3.63, 3.8) is 0 Å². The number of morpholine rings is 1. The zero-order valence-electron chi connectivity index (χ0n) is 17.6. The van der Waals surface area contributed by atoms with Crippen LogP contribution in [0.15, 0.2) is 36.4 Å². The van der Waals surface area contributed by atoms with E-state index in [2.05, 4.69) is 52.2 Å². The Labute approximate surface area is 176 Å². The second-order valence-electron chi connectivity index (χ2n) is 8.24. The van der Waals surface area contributed by atoms with Crippen LogP contribution in [0.3, 0.4) is 0 Å². The molecule has 0 amide bonds. The predicted octanol–water partition coefficient (Wildman–Crippen LogP) is 3.83. The van der Waals surface area contributed by atoms with E-state index in [1.54, 1.807) is 0 Å². The Morgan fingerprint density at radius 3 is 2.63 bits per heavy atom. The van der Waals surface area contributed by atoms with Gasteiger partial charge >= 0.3 is 0 Å². The molecule has 0 radical (unpaired) electrons. The van der Waals surface area contributed by atoms with Gasteiger partial charge in [0, 0.05) is 55.7 Å². The van der Waals surface area contributed by atoms with Crippen LogP contribution < -0.4 is 10.2 Å². The van der Waals surface area contributed by atoms with Gasteiger partial charge in [0.2, 0.25) is 0 Å². The molecule has 1 unspecified atom stereocenters. The molecule has 1 aliphatic heterocycles. The van der Waals surface area contributed by atoms with Crippen molar-refractivity contribution < 1.29 is 9.22 Å². The Balaban J connectivity index is 1.37. The third kappa shape index (κ3) is 3.52. The minimum absolute atomic E-state index is 0.0501. The molecule has 1 fully saturated rings. The number of rotatable bonds is 4. The molecule has 1 N–H and O–H groups in total. The highest BCUT2D eigenvalue weighted by atomic mass is 19.2. The van der Waals surface area contributed by atoms with E-state index >= 15 is 0 Å². The van der Waals surface area contributed by atoms with E-state index < -0.39 is 0 Å². The van der Waals surface area contributed by atoms with Gasteiger partial charge in [-0.3, -0.25) is 0 Å². The quantitative estimate of drug-likeness (QED) is 0.664. The van der Waals surface area contributed by atoms with E-state index in [1.165, 1.54) is 24.0 Å². The van der Waals surface area contributed by atoms with E-state index in [0.717, 1.165) is 73.2 Å². The molecule has 3 heterocycles. The van der Waals surface area contributed by atoms with Crippen LogP contribution in [0.2, 0.25) is 0 Å². The molecule has 6 nitrogen and oxygen atoms in total. The van der Waals surface area contributed by atoms with Gasteiger partial charge < -0.3 is 19.5 Å². The number of benzene rings is 1. The van der Waals surface area contributed by atoms with Crippen LogP contribution in [0.4, 0.5) is 21.7 Å². The molecular weight excluding hydrogens is 381 g/mol. The Kier molecular flexibility index (Phi) is 5.08. The number of ether oxygens (including phenoxy) is 1. The van der Waals surface area contributed by atoms with Crippen LogP contribution in [-0.2, 0) is 24.6 Å². The van der Waals surface area contributed by atoms with Crippen LogP contribution in [0, 0.1) is 0 Å². The molecule has 0 saturated carbocycles. The fraction of sp³-hybridized carbons (Fsp3) is 0.435. The Morgan fingerprint density at radius 1 is 1.13 bits per heavy atom. The number of fused-ring (bicyclic) bond motifs is 3. The second-order valence-corrected chi connectivity index (χ2v) is 8.24. The topological polar surface area (TPSA) is 45.6 Å². The number of nitrogens with one attached hydrogen (secondary N) is 1. The number of halogens is 1. The van der Waals surface area contributed by atoms with Gasteiger partial charge in [-0.2, -0.15) is 0 Å². The molecule has 1 saturated heterocycles. The first kappa shape index (κ1) is 19.3. The molecule has 0 bridgehead atoms. The SMILES string of the molecule is CN(F)C1CCc2c(c3ccc(Nc4ccc(N5CCOCC5)cc4)nc3n2C)C1. The van der Waals surface area contributed by atoms with E-state index in [0.29, 0.717) is 0 Å². The van der Waals surface area contributed by atoms with Crippen molar-refractivity contribution in [1.29, 1.82) is 0 Å². The first-order valence-corrected chi connectivity index (χ1v) is 10.7. The fourth-order valence-electron chi connectivity index (χ4n) is 4.71. The number of nitrogens with zero attached hydrogens (tertiary/aromatic N) is 4. The summed E-state index contributed by atoms with van der Waals surface area (Å²) in [5, 5.41) is 5.41. The summed E-state index contributed by atoms with van der Waals surface area (Å²) in [5.74, 6) is 0.818. The normalized spacial score (nSPS) is 19.3. The summed E-state index contributed by atoms with van der Waals surface area (Å²) in [6.07, 6.45) is 2.45. The highest BCUT2D eigenvalue weighted by Gasteiger charge is 2.27. The summed E-state index contributed by atoms with van der Waals surface area (Å²) in [4.78, 5) is 7.22. The van der Waals surface area contributed by atoms with E-state index in [-0.39, 0.29) is 6.04 Å². The molecule has 7 heteroatoms. The number of hydrogen-bond donors (Lipinski definition) is 1. The monoisotopic (exact) mass is 409 g/mol. The average Bonchev–Trinajstić information content (AvgIpc) is 3.06. The lowest BCUT2D eigenvalue weighted by molar-refractivity contribution is 0.00302.